The van der Waals surface area contributed by atoms with Crippen LogP contribution in [0.25, 0.3) is 0 Å². The fourth-order valence-electron chi connectivity index (χ4n) is 2.83. The highest BCUT2D eigenvalue weighted by Crippen LogP contribution is 2.13. The molecule has 0 aliphatic heterocycles. The fraction of sp³-hybridized carbons (Fsp3) is 0.952. The van der Waals surface area contributed by atoms with Crippen molar-refractivity contribution in [1.82, 2.24) is 5.32 Å². The topological polar surface area (TPSA) is 29.1 Å². The van der Waals surface area contributed by atoms with Crippen molar-refractivity contribution in [2.24, 2.45) is 0 Å². The Bertz CT molecular complexity index is 273. The molecule has 0 aromatic heterocycles. The third-order valence-corrected chi connectivity index (χ3v) is 4.87. The van der Waals surface area contributed by atoms with Gasteiger partial charge in [-0.15, -0.1) is 0 Å². The summed E-state index contributed by atoms with van der Waals surface area (Å²) in [6.45, 7) is 8.58. The summed E-state index contributed by atoms with van der Waals surface area (Å²) in [5.74, 6) is 0.222. The molecule has 0 spiro atoms. The zero-order valence-electron chi connectivity index (χ0n) is 16.5. The van der Waals surface area contributed by atoms with Gasteiger partial charge in [0, 0.05) is 12.0 Å². The van der Waals surface area contributed by atoms with Gasteiger partial charge in [-0.05, 0) is 26.7 Å². The van der Waals surface area contributed by atoms with E-state index in [1.807, 2.05) is 0 Å². The maximum absolute atomic E-state index is 11.8. The van der Waals surface area contributed by atoms with Crippen LogP contribution in [0.2, 0.25) is 0 Å². The molecule has 23 heavy (non-hydrogen) atoms. The summed E-state index contributed by atoms with van der Waals surface area (Å²) in [5.41, 5.74) is -0.0480. The first-order chi connectivity index (χ1) is 11.0. The highest BCUT2D eigenvalue weighted by atomic mass is 16.1. The predicted octanol–water partition coefficient (Wildman–Crippen LogP) is 6.77. The minimum absolute atomic E-state index is 0.0480. The van der Waals surface area contributed by atoms with Crippen LogP contribution in [-0.2, 0) is 4.79 Å². The van der Waals surface area contributed by atoms with Crippen LogP contribution in [0.1, 0.15) is 124 Å². The predicted molar refractivity (Wildman–Crippen MR) is 103 cm³/mol. The van der Waals surface area contributed by atoms with Crippen molar-refractivity contribution < 1.29 is 4.79 Å². The Hall–Kier alpha value is -0.530. The average Bonchev–Trinajstić information content (AvgIpc) is 2.51. The molecule has 0 unspecified atom stereocenters. The Morgan fingerprint density at radius 1 is 0.696 bits per heavy atom. The molecule has 0 heterocycles. The Morgan fingerprint density at radius 3 is 1.48 bits per heavy atom. The fourth-order valence-corrected chi connectivity index (χ4v) is 2.83. The van der Waals surface area contributed by atoms with E-state index in [9.17, 15) is 4.79 Å². The van der Waals surface area contributed by atoms with E-state index >= 15 is 0 Å². The summed E-state index contributed by atoms with van der Waals surface area (Å²) in [7, 11) is 0. The molecule has 0 bridgehead atoms. The van der Waals surface area contributed by atoms with Crippen LogP contribution >= 0.6 is 0 Å². The smallest absolute Gasteiger partial charge is 0.220 e. The number of carbonyl (C=O) groups excluding carboxylic acids is 1. The molecule has 0 fully saturated rings. The number of hydrogen-bond donors (Lipinski definition) is 1. The van der Waals surface area contributed by atoms with E-state index < -0.39 is 0 Å². The van der Waals surface area contributed by atoms with Crippen LogP contribution in [0.15, 0.2) is 0 Å². The number of nitrogens with one attached hydrogen (secondary N) is 1. The maximum atomic E-state index is 11.8. The van der Waals surface area contributed by atoms with Gasteiger partial charge in [0.05, 0.1) is 0 Å². The van der Waals surface area contributed by atoms with Crippen LogP contribution in [0.4, 0.5) is 0 Å². The Labute approximate surface area is 146 Å². The van der Waals surface area contributed by atoms with Gasteiger partial charge >= 0.3 is 0 Å². The van der Waals surface area contributed by atoms with E-state index in [4.69, 9.17) is 0 Å². The first-order valence-electron chi connectivity index (χ1n) is 10.3. The molecule has 0 aliphatic carbocycles. The molecule has 0 radical (unpaired) electrons. The standard InChI is InChI=1S/C21H43NO/c1-5-7-8-9-10-11-12-13-14-15-16-17-18-19-20(23)22-21(3,4)6-2/h5-19H2,1-4H3,(H,22,23). The average molecular weight is 326 g/mol. The van der Waals surface area contributed by atoms with Crippen molar-refractivity contribution in [1.29, 1.82) is 0 Å². The third-order valence-electron chi connectivity index (χ3n) is 4.87. The highest BCUT2D eigenvalue weighted by Gasteiger charge is 2.16. The zero-order chi connectivity index (χ0) is 17.4. The molecule has 0 aliphatic rings. The maximum Gasteiger partial charge on any atom is 0.220 e. The lowest BCUT2D eigenvalue weighted by atomic mass is 10.0. The molecule has 1 amide bonds. The minimum Gasteiger partial charge on any atom is -0.351 e. The summed E-state index contributed by atoms with van der Waals surface area (Å²) < 4.78 is 0. The molecule has 0 saturated heterocycles. The lowest BCUT2D eigenvalue weighted by Gasteiger charge is -2.24. The van der Waals surface area contributed by atoms with Crippen LogP contribution in [0.3, 0.4) is 0 Å². The first kappa shape index (κ1) is 22.5. The SMILES string of the molecule is CCCCCCCCCCCCCCCC(=O)NC(C)(C)CC. The molecule has 0 aromatic carbocycles. The van der Waals surface area contributed by atoms with E-state index in [0.29, 0.717) is 6.42 Å². The van der Waals surface area contributed by atoms with E-state index in [1.54, 1.807) is 0 Å². The number of hydrogen-bond acceptors (Lipinski definition) is 1. The van der Waals surface area contributed by atoms with Gasteiger partial charge in [0.25, 0.3) is 0 Å². The molecule has 2 nitrogen and oxygen atoms in total. The van der Waals surface area contributed by atoms with Gasteiger partial charge in [-0.3, -0.25) is 4.79 Å². The molecule has 0 rings (SSSR count). The summed E-state index contributed by atoms with van der Waals surface area (Å²) in [6.07, 6.45) is 19.2. The van der Waals surface area contributed by atoms with Gasteiger partial charge in [-0.25, -0.2) is 0 Å². The second-order valence-electron chi connectivity index (χ2n) is 7.78. The Morgan fingerprint density at radius 2 is 1.09 bits per heavy atom. The monoisotopic (exact) mass is 325 g/mol. The van der Waals surface area contributed by atoms with Gasteiger partial charge in [-0.1, -0.05) is 90.9 Å². The zero-order valence-corrected chi connectivity index (χ0v) is 16.5. The molecule has 2 heteroatoms. The van der Waals surface area contributed by atoms with E-state index in [1.165, 1.54) is 77.0 Å². The van der Waals surface area contributed by atoms with Crippen molar-refractivity contribution in [3.8, 4) is 0 Å². The second-order valence-corrected chi connectivity index (χ2v) is 7.78. The van der Waals surface area contributed by atoms with Crippen LogP contribution in [0, 0.1) is 0 Å². The summed E-state index contributed by atoms with van der Waals surface area (Å²) in [6, 6.07) is 0. The van der Waals surface area contributed by atoms with E-state index in [0.717, 1.165) is 12.8 Å². The van der Waals surface area contributed by atoms with Crippen molar-refractivity contribution in [3.05, 3.63) is 0 Å². The van der Waals surface area contributed by atoms with Crippen molar-refractivity contribution in [3.63, 3.8) is 0 Å². The lowest BCUT2D eigenvalue weighted by molar-refractivity contribution is -0.122. The van der Waals surface area contributed by atoms with Crippen molar-refractivity contribution >= 4 is 5.91 Å². The highest BCUT2D eigenvalue weighted by molar-refractivity contribution is 5.76. The number of rotatable bonds is 16. The van der Waals surface area contributed by atoms with Crippen LogP contribution in [0.5, 0.6) is 0 Å². The number of carbonyl (C=O) groups is 1. The summed E-state index contributed by atoms with van der Waals surface area (Å²) in [4.78, 5) is 11.8. The van der Waals surface area contributed by atoms with Gasteiger partial charge in [0.15, 0.2) is 0 Å². The molecule has 138 valence electrons. The van der Waals surface area contributed by atoms with Gasteiger partial charge < -0.3 is 5.32 Å². The molecule has 0 aromatic rings. The quantitative estimate of drug-likeness (QED) is 0.312. The van der Waals surface area contributed by atoms with Gasteiger partial charge in [0.1, 0.15) is 0 Å². The molecular weight excluding hydrogens is 282 g/mol. The number of unbranched alkanes of at least 4 members (excludes halogenated alkanes) is 12. The Kier molecular flexibility index (Phi) is 14.7. The van der Waals surface area contributed by atoms with Crippen molar-refractivity contribution in [2.75, 3.05) is 0 Å². The van der Waals surface area contributed by atoms with Crippen molar-refractivity contribution in [2.45, 2.75) is 130 Å². The lowest BCUT2D eigenvalue weighted by Crippen LogP contribution is -2.42. The Balaban J connectivity index is 3.23. The molecule has 1 N–H and O–H groups in total. The molecule has 0 saturated carbocycles. The summed E-state index contributed by atoms with van der Waals surface area (Å²) >= 11 is 0. The van der Waals surface area contributed by atoms with E-state index in [2.05, 4.69) is 33.0 Å². The van der Waals surface area contributed by atoms with Crippen LogP contribution < -0.4 is 5.32 Å². The summed E-state index contributed by atoms with van der Waals surface area (Å²) in [5, 5.41) is 3.11. The normalized spacial score (nSPS) is 11.7. The van der Waals surface area contributed by atoms with Gasteiger partial charge in [-0.2, -0.15) is 0 Å². The van der Waals surface area contributed by atoms with E-state index in [-0.39, 0.29) is 11.4 Å². The third kappa shape index (κ3) is 16.1. The largest absolute Gasteiger partial charge is 0.351 e. The molecular formula is C21H43NO. The molecule has 0 atom stereocenters. The second kappa shape index (κ2) is 15.0. The van der Waals surface area contributed by atoms with Gasteiger partial charge in [0.2, 0.25) is 5.91 Å². The number of amides is 1. The van der Waals surface area contributed by atoms with Crippen LogP contribution in [-0.4, -0.2) is 11.4 Å². The first-order valence-corrected chi connectivity index (χ1v) is 10.3. The minimum atomic E-state index is -0.0480.